The Hall–Kier alpha value is -2.67. The van der Waals surface area contributed by atoms with E-state index in [1.165, 1.54) is 0 Å². The third-order valence-electron chi connectivity index (χ3n) is 3.39. The molecule has 1 amide bonds. The molecule has 7 nitrogen and oxygen atoms in total. The van der Waals surface area contributed by atoms with Crippen LogP contribution in [0.15, 0.2) is 35.0 Å². The third-order valence-corrected chi connectivity index (χ3v) is 3.64. The van der Waals surface area contributed by atoms with Gasteiger partial charge in [-0.05, 0) is 37.6 Å². The predicted molar refractivity (Wildman–Crippen MR) is 89.2 cm³/mol. The van der Waals surface area contributed by atoms with Gasteiger partial charge in [0.2, 0.25) is 5.82 Å². The van der Waals surface area contributed by atoms with Gasteiger partial charge in [-0.1, -0.05) is 23.7 Å². The maximum Gasteiger partial charge on any atom is 0.316 e. The van der Waals surface area contributed by atoms with Gasteiger partial charge in [0.15, 0.2) is 0 Å². The molecule has 0 atom stereocenters. The molecule has 0 bridgehead atoms. The molecule has 2 heterocycles. The molecule has 0 saturated heterocycles. The molecule has 0 aliphatic carbocycles. The van der Waals surface area contributed by atoms with Crippen molar-refractivity contribution in [1.29, 1.82) is 0 Å². The number of nitrogens with one attached hydrogen (secondary N) is 1. The Labute approximate surface area is 143 Å². The van der Waals surface area contributed by atoms with Gasteiger partial charge in [-0.25, -0.2) is 4.68 Å². The van der Waals surface area contributed by atoms with E-state index in [2.05, 4.69) is 20.6 Å². The Morgan fingerprint density at radius 2 is 2.08 bits per heavy atom. The van der Waals surface area contributed by atoms with Crippen molar-refractivity contribution in [3.05, 3.63) is 47.1 Å². The molecule has 1 aromatic carbocycles. The first-order valence-electron chi connectivity index (χ1n) is 7.53. The van der Waals surface area contributed by atoms with Crippen molar-refractivity contribution < 1.29 is 9.32 Å². The summed E-state index contributed by atoms with van der Waals surface area (Å²) in [5.41, 5.74) is 2.28. The zero-order valence-electron chi connectivity index (χ0n) is 13.3. The SMILES string of the molecule is CCCNC(=O)c1nc(-c2cn(-c3ccc(Cl)cc3)nc2C)no1. The highest BCUT2D eigenvalue weighted by Crippen LogP contribution is 2.22. The van der Waals surface area contributed by atoms with Crippen LogP contribution in [0.25, 0.3) is 17.1 Å². The number of carbonyl (C=O) groups is 1. The van der Waals surface area contributed by atoms with Crippen molar-refractivity contribution in [3.8, 4) is 17.1 Å². The number of aryl methyl sites for hydroxylation is 1. The number of nitrogens with zero attached hydrogens (tertiary/aromatic N) is 4. The Morgan fingerprint density at radius 3 is 2.79 bits per heavy atom. The highest BCUT2D eigenvalue weighted by Gasteiger charge is 2.18. The summed E-state index contributed by atoms with van der Waals surface area (Å²) in [6.07, 6.45) is 2.62. The summed E-state index contributed by atoms with van der Waals surface area (Å²) in [7, 11) is 0. The Morgan fingerprint density at radius 1 is 1.33 bits per heavy atom. The van der Waals surface area contributed by atoms with Crippen molar-refractivity contribution in [3.63, 3.8) is 0 Å². The molecule has 0 fully saturated rings. The second kappa shape index (κ2) is 6.84. The first-order chi connectivity index (χ1) is 11.6. The quantitative estimate of drug-likeness (QED) is 0.768. The zero-order valence-corrected chi connectivity index (χ0v) is 14.0. The molecule has 2 aromatic heterocycles. The van der Waals surface area contributed by atoms with Crippen molar-refractivity contribution in [2.24, 2.45) is 0 Å². The van der Waals surface area contributed by atoms with Gasteiger partial charge < -0.3 is 9.84 Å². The third kappa shape index (κ3) is 3.30. The first-order valence-corrected chi connectivity index (χ1v) is 7.90. The van der Waals surface area contributed by atoms with Gasteiger partial charge in [-0.2, -0.15) is 10.1 Å². The van der Waals surface area contributed by atoms with Crippen LogP contribution >= 0.6 is 11.6 Å². The van der Waals surface area contributed by atoms with Crippen LogP contribution in [-0.2, 0) is 0 Å². The molecule has 0 saturated carbocycles. The molecule has 124 valence electrons. The number of carbonyl (C=O) groups excluding carboxylic acids is 1. The van der Waals surface area contributed by atoms with Gasteiger partial charge in [0.25, 0.3) is 0 Å². The van der Waals surface area contributed by atoms with E-state index in [4.69, 9.17) is 16.1 Å². The van der Waals surface area contributed by atoms with Crippen molar-refractivity contribution in [2.45, 2.75) is 20.3 Å². The van der Waals surface area contributed by atoms with E-state index in [0.29, 0.717) is 23.0 Å². The highest BCUT2D eigenvalue weighted by atomic mass is 35.5. The number of hydrogen-bond acceptors (Lipinski definition) is 5. The lowest BCUT2D eigenvalue weighted by Gasteiger charge is -2.00. The topological polar surface area (TPSA) is 85.8 Å². The lowest BCUT2D eigenvalue weighted by molar-refractivity contribution is 0.0910. The number of hydrogen-bond donors (Lipinski definition) is 1. The summed E-state index contributed by atoms with van der Waals surface area (Å²) >= 11 is 5.90. The molecule has 3 aromatic rings. The largest absolute Gasteiger partial charge is 0.348 e. The van der Waals surface area contributed by atoms with Gasteiger partial charge in [-0.15, -0.1) is 0 Å². The average Bonchev–Trinajstić information content (AvgIpc) is 3.20. The number of benzene rings is 1. The van der Waals surface area contributed by atoms with E-state index >= 15 is 0 Å². The van der Waals surface area contributed by atoms with E-state index in [9.17, 15) is 4.79 Å². The fourth-order valence-electron chi connectivity index (χ4n) is 2.14. The minimum Gasteiger partial charge on any atom is -0.348 e. The van der Waals surface area contributed by atoms with E-state index in [1.807, 2.05) is 26.0 Å². The van der Waals surface area contributed by atoms with Crippen molar-refractivity contribution in [1.82, 2.24) is 25.2 Å². The van der Waals surface area contributed by atoms with Gasteiger partial charge in [-0.3, -0.25) is 4.79 Å². The normalized spacial score (nSPS) is 10.8. The highest BCUT2D eigenvalue weighted by molar-refractivity contribution is 6.30. The number of rotatable bonds is 5. The van der Waals surface area contributed by atoms with E-state index < -0.39 is 0 Å². The Kier molecular flexibility index (Phi) is 4.61. The fraction of sp³-hybridized carbons (Fsp3) is 0.250. The fourth-order valence-corrected chi connectivity index (χ4v) is 2.27. The van der Waals surface area contributed by atoms with Crippen LogP contribution in [0.1, 0.15) is 29.7 Å². The molecule has 24 heavy (non-hydrogen) atoms. The zero-order chi connectivity index (χ0) is 17.1. The minimum atomic E-state index is -0.377. The van der Waals surface area contributed by atoms with E-state index in [0.717, 1.165) is 17.8 Å². The predicted octanol–water partition coefficient (Wildman–Crippen LogP) is 3.02. The van der Waals surface area contributed by atoms with Crippen LogP contribution in [0.4, 0.5) is 0 Å². The molecule has 0 aliphatic rings. The number of amides is 1. The van der Waals surface area contributed by atoms with Crippen molar-refractivity contribution >= 4 is 17.5 Å². The maximum absolute atomic E-state index is 11.9. The summed E-state index contributed by atoms with van der Waals surface area (Å²) in [5, 5.41) is 11.7. The lowest BCUT2D eigenvalue weighted by atomic mass is 10.2. The summed E-state index contributed by atoms with van der Waals surface area (Å²) in [6, 6.07) is 7.30. The van der Waals surface area contributed by atoms with Crippen LogP contribution < -0.4 is 5.32 Å². The second-order valence-electron chi connectivity index (χ2n) is 5.23. The summed E-state index contributed by atoms with van der Waals surface area (Å²) in [4.78, 5) is 16.0. The molecule has 0 unspecified atom stereocenters. The van der Waals surface area contributed by atoms with E-state index in [-0.39, 0.29) is 11.8 Å². The van der Waals surface area contributed by atoms with Crippen LogP contribution in [0.2, 0.25) is 5.02 Å². The molecule has 0 radical (unpaired) electrons. The number of aromatic nitrogens is 4. The maximum atomic E-state index is 11.9. The Balaban J connectivity index is 1.87. The average molecular weight is 346 g/mol. The lowest BCUT2D eigenvalue weighted by Crippen LogP contribution is -2.24. The van der Waals surface area contributed by atoms with Crippen LogP contribution in [0, 0.1) is 6.92 Å². The molecule has 3 rings (SSSR count). The van der Waals surface area contributed by atoms with Crippen LogP contribution in [0.5, 0.6) is 0 Å². The van der Waals surface area contributed by atoms with Crippen LogP contribution in [-0.4, -0.2) is 32.4 Å². The summed E-state index contributed by atoms with van der Waals surface area (Å²) < 4.78 is 6.74. The molecular formula is C16H16ClN5O2. The van der Waals surface area contributed by atoms with Crippen molar-refractivity contribution in [2.75, 3.05) is 6.54 Å². The smallest absolute Gasteiger partial charge is 0.316 e. The van der Waals surface area contributed by atoms with Gasteiger partial charge in [0.1, 0.15) is 0 Å². The second-order valence-corrected chi connectivity index (χ2v) is 5.66. The minimum absolute atomic E-state index is 0.0582. The number of halogens is 1. The van der Waals surface area contributed by atoms with E-state index in [1.54, 1.807) is 23.0 Å². The molecule has 0 spiro atoms. The molecule has 8 heteroatoms. The van der Waals surface area contributed by atoms with Gasteiger partial charge >= 0.3 is 11.8 Å². The standard InChI is InChI=1S/C16H16ClN5O2/c1-3-8-18-15(23)16-19-14(21-24-16)13-9-22(20-10(13)2)12-6-4-11(17)5-7-12/h4-7,9H,3,8H2,1-2H3,(H,18,23). The van der Waals surface area contributed by atoms with Gasteiger partial charge in [0.05, 0.1) is 16.9 Å². The first kappa shape index (κ1) is 16.2. The molecular weight excluding hydrogens is 330 g/mol. The monoisotopic (exact) mass is 345 g/mol. The Bertz CT molecular complexity index is 854. The summed E-state index contributed by atoms with van der Waals surface area (Å²) in [5.74, 6) is -0.107. The van der Waals surface area contributed by atoms with Gasteiger partial charge in [0, 0.05) is 17.8 Å². The summed E-state index contributed by atoms with van der Waals surface area (Å²) in [6.45, 7) is 4.37. The van der Waals surface area contributed by atoms with Crippen LogP contribution in [0.3, 0.4) is 0 Å². The molecule has 1 N–H and O–H groups in total. The molecule has 0 aliphatic heterocycles.